The van der Waals surface area contributed by atoms with Gasteiger partial charge in [0.25, 0.3) is 11.7 Å². The number of benzene rings is 3. The number of aliphatic hydroxyl groups excluding tert-OH is 1. The Hall–Kier alpha value is -3.97. The summed E-state index contributed by atoms with van der Waals surface area (Å²) < 4.78 is 10.7. The summed E-state index contributed by atoms with van der Waals surface area (Å²) in [6.07, 6.45) is 0.691. The fraction of sp³-hybridized carbons (Fsp3) is 0.154. The number of aliphatic hydroxyl groups is 1. The number of Topliss-reactive ketones (excluding diaryl/α,β-unsaturated/α-hetero) is 1. The van der Waals surface area contributed by atoms with Crippen LogP contribution in [0.3, 0.4) is 0 Å². The second-order valence-electron chi connectivity index (χ2n) is 8.00. The molecule has 7 nitrogen and oxygen atoms in total. The van der Waals surface area contributed by atoms with Crippen molar-refractivity contribution >= 4 is 34.7 Å². The molecule has 0 aromatic heterocycles. The Morgan fingerprint density at radius 2 is 1.85 bits per heavy atom. The summed E-state index contributed by atoms with van der Waals surface area (Å²) >= 11 is 6.30. The number of nitrogens with zero attached hydrogens (tertiary/aromatic N) is 1. The minimum atomic E-state index is -0.936. The Kier molecular flexibility index (Phi) is 5.42. The predicted molar refractivity (Wildman–Crippen MR) is 127 cm³/mol. The van der Waals surface area contributed by atoms with E-state index in [1.54, 1.807) is 42.5 Å². The van der Waals surface area contributed by atoms with E-state index in [0.717, 1.165) is 11.3 Å². The summed E-state index contributed by atoms with van der Waals surface area (Å²) in [5.41, 5.74) is 2.18. The molecule has 1 saturated heterocycles. The first kappa shape index (κ1) is 21.9. The molecule has 2 aliphatic rings. The van der Waals surface area contributed by atoms with Crippen molar-refractivity contribution in [3.8, 4) is 17.2 Å². The lowest BCUT2D eigenvalue weighted by molar-refractivity contribution is -0.132. The molecule has 5 rings (SSSR count). The van der Waals surface area contributed by atoms with Crippen molar-refractivity contribution < 1.29 is 29.3 Å². The first-order valence-electron chi connectivity index (χ1n) is 10.6. The van der Waals surface area contributed by atoms with E-state index in [-0.39, 0.29) is 22.1 Å². The molecule has 2 heterocycles. The third kappa shape index (κ3) is 3.54. The number of aromatic hydroxyl groups is 1. The Balaban J connectivity index is 1.69. The smallest absolute Gasteiger partial charge is 0.300 e. The molecule has 2 aliphatic heterocycles. The van der Waals surface area contributed by atoms with Gasteiger partial charge >= 0.3 is 0 Å². The lowest BCUT2D eigenvalue weighted by Gasteiger charge is -2.26. The second kappa shape index (κ2) is 8.43. The average molecular weight is 478 g/mol. The van der Waals surface area contributed by atoms with Gasteiger partial charge in [-0.15, -0.1) is 0 Å². The molecular weight excluding hydrogens is 458 g/mol. The lowest BCUT2D eigenvalue weighted by atomic mass is 9.94. The lowest BCUT2D eigenvalue weighted by Crippen LogP contribution is -2.29. The van der Waals surface area contributed by atoms with E-state index in [1.807, 2.05) is 0 Å². The number of carbonyl (C=O) groups excluding carboxylic acids is 2. The Morgan fingerprint density at radius 1 is 1.09 bits per heavy atom. The van der Waals surface area contributed by atoms with Gasteiger partial charge < -0.3 is 19.7 Å². The zero-order chi connectivity index (χ0) is 24.0. The maximum Gasteiger partial charge on any atom is 0.300 e. The molecule has 2 N–H and O–H groups in total. The number of methoxy groups -OCH3 is 1. The van der Waals surface area contributed by atoms with Crippen LogP contribution in [0.4, 0.5) is 5.69 Å². The van der Waals surface area contributed by atoms with Crippen molar-refractivity contribution in [3.05, 3.63) is 87.9 Å². The standard InChI is InChI=1S/C26H20ClNO6/c1-33-21-9-5-17(13-19(21)27)28-23(14-2-6-18(29)7-3-14)22(25(31)26(28)32)24(30)16-4-8-20-15(12-16)10-11-34-20/h2-9,12-13,23,29-30H,10-11H2,1H3/b24-22-. The van der Waals surface area contributed by atoms with E-state index in [9.17, 15) is 19.8 Å². The van der Waals surface area contributed by atoms with Gasteiger partial charge in [-0.3, -0.25) is 14.5 Å². The molecule has 0 spiro atoms. The van der Waals surface area contributed by atoms with Gasteiger partial charge in [-0.2, -0.15) is 0 Å². The number of hydrogen-bond acceptors (Lipinski definition) is 6. The topological polar surface area (TPSA) is 96.3 Å². The van der Waals surface area contributed by atoms with E-state index >= 15 is 0 Å². The van der Waals surface area contributed by atoms with Crippen LogP contribution in [0.2, 0.25) is 5.02 Å². The van der Waals surface area contributed by atoms with Gasteiger partial charge in [0.1, 0.15) is 23.0 Å². The molecular formula is C26H20ClNO6. The second-order valence-corrected chi connectivity index (χ2v) is 8.41. The van der Waals surface area contributed by atoms with Gasteiger partial charge in [0.15, 0.2) is 0 Å². The van der Waals surface area contributed by atoms with E-state index in [1.165, 1.54) is 30.2 Å². The highest BCUT2D eigenvalue weighted by atomic mass is 35.5. The van der Waals surface area contributed by atoms with Gasteiger partial charge in [0.05, 0.1) is 30.4 Å². The van der Waals surface area contributed by atoms with Crippen LogP contribution in [-0.2, 0) is 16.0 Å². The number of ether oxygens (including phenoxy) is 2. The molecule has 1 atom stereocenters. The highest BCUT2D eigenvalue weighted by Gasteiger charge is 2.47. The number of phenolic OH excluding ortho intramolecular Hbond substituents is 1. The number of ketones is 1. The molecule has 0 radical (unpaired) electrons. The number of anilines is 1. The molecule has 1 amide bonds. The number of rotatable bonds is 4. The third-order valence-corrected chi connectivity index (χ3v) is 6.33. The molecule has 1 unspecified atom stereocenters. The van der Waals surface area contributed by atoms with Crippen LogP contribution < -0.4 is 14.4 Å². The molecule has 0 saturated carbocycles. The van der Waals surface area contributed by atoms with Crippen molar-refractivity contribution in [2.45, 2.75) is 12.5 Å². The quantitative estimate of drug-likeness (QED) is 0.323. The van der Waals surface area contributed by atoms with E-state index < -0.39 is 17.7 Å². The van der Waals surface area contributed by atoms with Crippen molar-refractivity contribution in [1.29, 1.82) is 0 Å². The molecule has 3 aromatic rings. The molecule has 1 fully saturated rings. The number of fused-ring (bicyclic) bond motifs is 1. The normalized spacial score (nSPS) is 18.6. The van der Waals surface area contributed by atoms with E-state index in [0.29, 0.717) is 35.6 Å². The molecule has 3 aromatic carbocycles. The van der Waals surface area contributed by atoms with Crippen molar-refractivity contribution in [2.75, 3.05) is 18.6 Å². The average Bonchev–Trinajstić information content (AvgIpc) is 3.41. The summed E-state index contributed by atoms with van der Waals surface area (Å²) in [4.78, 5) is 27.8. The van der Waals surface area contributed by atoms with E-state index in [4.69, 9.17) is 21.1 Å². The number of hydrogen-bond donors (Lipinski definition) is 2. The molecule has 0 bridgehead atoms. The maximum atomic E-state index is 13.3. The summed E-state index contributed by atoms with van der Waals surface area (Å²) in [7, 11) is 1.48. The molecule has 8 heteroatoms. The Morgan fingerprint density at radius 3 is 2.56 bits per heavy atom. The minimum Gasteiger partial charge on any atom is -0.508 e. The summed E-state index contributed by atoms with van der Waals surface area (Å²) in [5.74, 6) is -0.715. The monoisotopic (exact) mass is 477 g/mol. The summed E-state index contributed by atoms with van der Waals surface area (Å²) in [6, 6.07) is 15.1. The van der Waals surface area contributed by atoms with Crippen LogP contribution in [0.25, 0.3) is 5.76 Å². The number of halogens is 1. The number of amides is 1. The molecule has 172 valence electrons. The van der Waals surface area contributed by atoms with E-state index in [2.05, 4.69) is 0 Å². The van der Waals surface area contributed by atoms with Crippen LogP contribution >= 0.6 is 11.6 Å². The Labute approximate surface area is 200 Å². The first-order chi connectivity index (χ1) is 16.4. The molecule has 0 aliphatic carbocycles. The highest BCUT2D eigenvalue weighted by Crippen LogP contribution is 2.44. The molecule has 34 heavy (non-hydrogen) atoms. The van der Waals surface area contributed by atoms with Gasteiger partial charge in [-0.1, -0.05) is 23.7 Å². The first-order valence-corrected chi connectivity index (χ1v) is 11.0. The van der Waals surface area contributed by atoms with Crippen LogP contribution in [0.15, 0.2) is 66.2 Å². The fourth-order valence-electron chi connectivity index (χ4n) is 4.37. The van der Waals surface area contributed by atoms with Gasteiger partial charge in [0, 0.05) is 17.7 Å². The number of phenols is 1. The van der Waals surface area contributed by atoms with Crippen LogP contribution in [0, 0.1) is 0 Å². The third-order valence-electron chi connectivity index (χ3n) is 6.03. The summed E-state index contributed by atoms with van der Waals surface area (Å²) in [5, 5.41) is 21.3. The van der Waals surface area contributed by atoms with Crippen molar-refractivity contribution in [2.24, 2.45) is 0 Å². The van der Waals surface area contributed by atoms with Gasteiger partial charge in [-0.25, -0.2) is 0 Å². The predicted octanol–water partition coefficient (Wildman–Crippen LogP) is 4.62. The van der Waals surface area contributed by atoms with Gasteiger partial charge in [-0.05, 0) is 59.7 Å². The fourth-order valence-corrected chi connectivity index (χ4v) is 4.62. The number of carbonyl (C=O) groups is 2. The van der Waals surface area contributed by atoms with Crippen LogP contribution in [0.1, 0.15) is 22.7 Å². The van der Waals surface area contributed by atoms with Crippen LogP contribution in [-0.4, -0.2) is 35.6 Å². The largest absolute Gasteiger partial charge is 0.508 e. The Bertz CT molecular complexity index is 1350. The van der Waals surface area contributed by atoms with Gasteiger partial charge in [0.2, 0.25) is 0 Å². The zero-order valence-corrected chi connectivity index (χ0v) is 18.9. The highest BCUT2D eigenvalue weighted by molar-refractivity contribution is 6.51. The van der Waals surface area contributed by atoms with Crippen molar-refractivity contribution in [1.82, 2.24) is 0 Å². The summed E-state index contributed by atoms with van der Waals surface area (Å²) in [6.45, 7) is 0.551. The minimum absolute atomic E-state index is 0.0341. The van der Waals surface area contributed by atoms with Crippen LogP contribution in [0.5, 0.6) is 17.2 Å². The zero-order valence-electron chi connectivity index (χ0n) is 18.1. The maximum absolute atomic E-state index is 13.3. The SMILES string of the molecule is COc1ccc(N2C(=O)C(=O)/C(=C(\O)c3ccc4c(c3)CCO4)C2c2ccc(O)cc2)cc1Cl. The van der Waals surface area contributed by atoms with Crippen molar-refractivity contribution in [3.63, 3.8) is 0 Å².